The molecule has 1 aromatic rings. The number of aromatic nitrogens is 2. The number of rotatable bonds is 26. The van der Waals surface area contributed by atoms with Crippen LogP contribution in [0.4, 0.5) is 0 Å². The first-order valence-corrected chi connectivity index (χ1v) is 22.5. The standard InChI is InChI=1S/C44H69N5O13/c1-4-5-6-7-8-9-10-11-12-13-14-15-16-17-18-19-20-24-33(52)60-38-35(58-3)36(61-42(38)49-26-25-32(51)48-44(49)57)37(39(45)54)62-43-34(53)30(50)27-31(59-43)41(56)47-29-23-21-22-28(2)46-40(29)55/h11-12,25-30,34-38,42-43,50,53H,4-10,13-24H2,1-3H3,(H2,45,54)(H,46,55)(H,47,56)(H,48,51,57)/b12-11-/t28-,29+,30+,34+,35-,36+,37-,38-,42-,43-/m1/s1. The predicted octanol–water partition coefficient (Wildman–Crippen LogP) is 3.18. The molecule has 0 bridgehead atoms. The molecule has 18 heteroatoms. The monoisotopic (exact) mass is 875 g/mol. The Labute approximate surface area is 363 Å². The van der Waals surface area contributed by atoms with Crippen LogP contribution in [-0.2, 0) is 42.9 Å². The Balaban J connectivity index is 1.33. The molecule has 18 nitrogen and oxygen atoms in total. The number of ether oxygens (including phenoxy) is 5. The first-order valence-electron chi connectivity index (χ1n) is 22.5. The third kappa shape index (κ3) is 15.5. The van der Waals surface area contributed by atoms with Gasteiger partial charge in [-0.25, -0.2) is 4.79 Å². The molecule has 0 radical (unpaired) electrons. The molecule has 0 saturated carbocycles. The number of aliphatic hydroxyl groups excluding tert-OH is 2. The maximum atomic E-state index is 13.3. The number of methoxy groups -OCH3 is 1. The van der Waals surface area contributed by atoms with Gasteiger partial charge in [0.1, 0.15) is 30.5 Å². The zero-order valence-corrected chi connectivity index (χ0v) is 36.5. The number of hydrogen-bond acceptors (Lipinski definition) is 13. The average Bonchev–Trinajstić information content (AvgIpc) is 3.49. The lowest BCUT2D eigenvalue weighted by molar-refractivity contribution is -0.241. The van der Waals surface area contributed by atoms with Crippen LogP contribution in [0.5, 0.6) is 0 Å². The van der Waals surface area contributed by atoms with E-state index in [0.29, 0.717) is 25.7 Å². The average molecular weight is 876 g/mol. The molecule has 2 saturated heterocycles. The second-order valence-electron chi connectivity index (χ2n) is 16.5. The van der Waals surface area contributed by atoms with Gasteiger partial charge in [-0.3, -0.25) is 33.5 Å². The van der Waals surface area contributed by atoms with E-state index in [1.165, 1.54) is 45.6 Å². The number of aromatic amines is 1. The van der Waals surface area contributed by atoms with E-state index in [4.69, 9.17) is 29.4 Å². The lowest BCUT2D eigenvalue weighted by Crippen LogP contribution is -2.54. The number of nitrogens with zero attached hydrogens (tertiary/aromatic N) is 1. The quantitative estimate of drug-likeness (QED) is 0.0445. The molecule has 1 aromatic heterocycles. The highest BCUT2D eigenvalue weighted by atomic mass is 16.7. The van der Waals surface area contributed by atoms with Crippen molar-refractivity contribution in [2.75, 3.05) is 7.11 Å². The Morgan fingerprint density at radius 2 is 1.60 bits per heavy atom. The van der Waals surface area contributed by atoms with Gasteiger partial charge in [-0.15, -0.1) is 0 Å². The van der Waals surface area contributed by atoms with Crippen LogP contribution < -0.4 is 27.6 Å². The molecule has 4 rings (SSSR count). The molecule has 2 fully saturated rings. The van der Waals surface area contributed by atoms with Crippen molar-refractivity contribution in [3.63, 3.8) is 0 Å². The molecule has 10 atom stereocenters. The minimum atomic E-state index is -1.88. The number of primary amides is 1. The van der Waals surface area contributed by atoms with Crippen molar-refractivity contribution in [2.24, 2.45) is 5.73 Å². The number of carbonyl (C=O) groups excluding carboxylic acids is 4. The number of nitrogens with two attached hydrogens (primary N) is 1. The lowest BCUT2D eigenvalue weighted by atomic mass is 10.0. The van der Waals surface area contributed by atoms with Gasteiger partial charge in [-0.1, -0.05) is 83.3 Å². The van der Waals surface area contributed by atoms with Gasteiger partial charge in [0, 0.05) is 31.8 Å². The van der Waals surface area contributed by atoms with Crippen molar-refractivity contribution in [3.8, 4) is 0 Å². The number of hydrogen-bond donors (Lipinski definition) is 6. The van der Waals surface area contributed by atoms with Gasteiger partial charge in [0.2, 0.25) is 18.1 Å². The molecule has 0 aliphatic carbocycles. The van der Waals surface area contributed by atoms with Gasteiger partial charge in [0.05, 0.1) is 0 Å². The van der Waals surface area contributed by atoms with Crippen molar-refractivity contribution in [1.82, 2.24) is 20.2 Å². The van der Waals surface area contributed by atoms with E-state index in [-0.39, 0.29) is 12.5 Å². The zero-order chi connectivity index (χ0) is 45.0. The van der Waals surface area contributed by atoms with Crippen LogP contribution >= 0.6 is 0 Å². The Morgan fingerprint density at radius 3 is 2.23 bits per heavy atom. The first-order chi connectivity index (χ1) is 29.8. The molecular weight excluding hydrogens is 807 g/mol. The molecule has 0 aromatic carbocycles. The highest BCUT2D eigenvalue weighted by Gasteiger charge is 2.54. The number of allylic oxidation sites excluding steroid dienone is 2. The zero-order valence-electron chi connectivity index (χ0n) is 36.5. The fraction of sp³-hybridized carbons (Fsp3) is 0.727. The number of aliphatic hydroxyl groups is 2. The molecule has 0 unspecified atom stereocenters. The Hall–Kier alpha value is -4.36. The maximum Gasteiger partial charge on any atom is 0.330 e. The van der Waals surface area contributed by atoms with Crippen molar-refractivity contribution in [3.05, 3.63) is 57.1 Å². The highest BCUT2D eigenvalue weighted by molar-refractivity contribution is 5.95. The Kier molecular flexibility index (Phi) is 21.3. The summed E-state index contributed by atoms with van der Waals surface area (Å²) in [5.41, 5.74) is 4.17. The minimum absolute atomic E-state index is 0.0443. The smallest absolute Gasteiger partial charge is 0.330 e. The van der Waals surface area contributed by atoms with Crippen LogP contribution in [0, 0.1) is 0 Å². The summed E-state index contributed by atoms with van der Waals surface area (Å²) < 4.78 is 30.1. The summed E-state index contributed by atoms with van der Waals surface area (Å²) in [7, 11) is 1.25. The SMILES string of the molecule is CCCCCCCC/C=C\CCCCCCCCCC(=O)O[C@@H]1[C@H](OC)[C@@H]([C@@H](O[C@H]2OC(C(=O)N[C@H]3CCC[C@@H](C)NC3=O)=C[C@H](O)[C@@H]2O)C(N)=O)O[C@H]1n1ccc(=O)[nH]c1=O. The number of nitrogens with one attached hydrogen (secondary N) is 3. The fourth-order valence-electron chi connectivity index (χ4n) is 7.94. The summed E-state index contributed by atoms with van der Waals surface area (Å²) in [4.78, 5) is 79.2. The number of carbonyl (C=O) groups is 4. The van der Waals surface area contributed by atoms with Crippen LogP contribution in [0.25, 0.3) is 0 Å². The van der Waals surface area contributed by atoms with Crippen molar-refractivity contribution < 1.29 is 53.1 Å². The summed E-state index contributed by atoms with van der Waals surface area (Å²) in [5, 5.41) is 26.9. The predicted molar refractivity (Wildman–Crippen MR) is 227 cm³/mol. The van der Waals surface area contributed by atoms with Gasteiger partial charge >= 0.3 is 11.7 Å². The topological polar surface area (TPSA) is 260 Å². The van der Waals surface area contributed by atoms with Gasteiger partial charge in [-0.05, 0) is 64.4 Å². The molecule has 3 amide bonds. The summed E-state index contributed by atoms with van der Waals surface area (Å²) in [6, 6.07) is 0.0786. The van der Waals surface area contributed by atoms with Gasteiger partial charge in [0.25, 0.3) is 11.5 Å². The van der Waals surface area contributed by atoms with Crippen LogP contribution in [0.2, 0.25) is 0 Å². The number of esters is 1. The molecule has 62 heavy (non-hydrogen) atoms. The van der Waals surface area contributed by atoms with Crippen LogP contribution in [0.1, 0.15) is 142 Å². The fourth-order valence-corrected chi connectivity index (χ4v) is 7.94. The minimum Gasteiger partial charge on any atom is -0.456 e. The van der Waals surface area contributed by atoms with E-state index in [1.54, 1.807) is 0 Å². The van der Waals surface area contributed by atoms with Crippen LogP contribution in [0.15, 0.2) is 45.8 Å². The Bertz CT molecular complexity index is 1760. The molecule has 7 N–H and O–H groups in total. The lowest BCUT2D eigenvalue weighted by Gasteiger charge is -2.35. The largest absolute Gasteiger partial charge is 0.456 e. The molecular formula is C44H69N5O13. The van der Waals surface area contributed by atoms with E-state index < -0.39 is 95.9 Å². The van der Waals surface area contributed by atoms with Gasteiger partial charge < -0.3 is 50.3 Å². The van der Waals surface area contributed by atoms with Gasteiger partial charge in [0.15, 0.2) is 24.2 Å². The number of amides is 3. The van der Waals surface area contributed by atoms with E-state index in [1.807, 2.05) is 6.92 Å². The summed E-state index contributed by atoms with van der Waals surface area (Å²) in [5.74, 6) is -3.56. The van der Waals surface area contributed by atoms with E-state index >= 15 is 0 Å². The van der Waals surface area contributed by atoms with Gasteiger partial charge in [-0.2, -0.15) is 0 Å². The van der Waals surface area contributed by atoms with Crippen molar-refractivity contribution in [2.45, 2.75) is 197 Å². The summed E-state index contributed by atoms with van der Waals surface area (Å²) >= 11 is 0. The highest BCUT2D eigenvalue weighted by Crippen LogP contribution is 2.36. The maximum absolute atomic E-state index is 13.3. The third-order valence-corrected chi connectivity index (χ3v) is 11.5. The molecule has 4 heterocycles. The van der Waals surface area contributed by atoms with E-state index in [9.17, 15) is 39.0 Å². The first kappa shape index (κ1) is 50.3. The van der Waals surface area contributed by atoms with Crippen LogP contribution in [-0.4, -0.2) is 106 Å². The van der Waals surface area contributed by atoms with Crippen molar-refractivity contribution >= 4 is 23.7 Å². The van der Waals surface area contributed by atoms with Crippen LogP contribution in [0.3, 0.4) is 0 Å². The third-order valence-electron chi connectivity index (χ3n) is 11.5. The second-order valence-corrected chi connectivity index (χ2v) is 16.5. The van der Waals surface area contributed by atoms with E-state index in [0.717, 1.165) is 74.3 Å². The molecule has 348 valence electrons. The van der Waals surface area contributed by atoms with Crippen molar-refractivity contribution in [1.29, 1.82) is 0 Å². The Morgan fingerprint density at radius 1 is 0.952 bits per heavy atom. The number of H-pyrrole nitrogens is 1. The summed E-state index contributed by atoms with van der Waals surface area (Å²) in [6.45, 7) is 4.08. The number of unbranched alkanes of at least 4 members (excludes halogenated alkanes) is 13. The van der Waals surface area contributed by atoms with E-state index in [2.05, 4.69) is 34.7 Å². The summed E-state index contributed by atoms with van der Waals surface area (Å²) in [6.07, 6.45) is 12.3. The molecule has 3 aliphatic rings. The molecule has 3 aliphatic heterocycles. The second kappa shape index (κ2) is 26.3. The normalized spacial score (nSPS) is 26.9. The molecule has 0 spiro atoms.